The topological polar surface area (TPSA) is 95.9 Å². The molecule has 3 N–H and O–H groups in total. The lowest BCUT2D eigenvalue weighted by Crippen LogP contribution is -2.34. The van der Waals surface area contributed by atoms with Gasteiger partial charge in [-0.05, 0) is 45.4 Å². The maximum atomic E-state index is 13.7. The van der Waals surface area contributed by atoms with Crippen molar-refractivity contribution in [2.45, 2.75) is 45.0 Å². The van der Waals surface area contributed by atoms with Gasteiger partial charge in [0.05, 0.1) is 6.10 Å². The van der Waals surface area contributed by atoms with Crippen molar-refractivity contribution >= 4 is 12.4 Å². The standard InChI is InChI=1S/C16H22FNO5/c1-16(2,3)23-15(22)18-7-6-13(20)14(21)11-8-10(9-19)4-5-12(11)17/h4-5,8-9,13-14,20-21H,6-7H2,1-3H3,(H,18,22). The van der Waals surface area contributed by atoms with Crippen molar-refractivity contribution in [3.05, 3.63) is 35.1 Å². The lowest BCUT2D eigenvalue weighted by atomic mass is 10.00. The fourth-order valence-electron chi connectivity index (χ4n) is 1.86. The first kappa shape index (κ1) is 19.1. The molecule has 0 saturated heterocycles. The molecule has 0 aliphatic rings. The highest BCUT2D eigenvalue weighted by atomic mass is 19.1. The van der Waals surface area contributed by atoms with E-state index in [9.17, 15) is 24.2 Å². The van der Waals surface area contributed by atoms with Gasteiger partial charge in [-0.25, -0.2) is 9.18 Å². The van der Waals surface area contributed by atoms with E-state index in [1.165, 1.54) is 12.1 Å². The summed E-state index contributed by atoms with van der Waals surface area (Å²) in [4.78, 5) is 22.1. The largest absolute Gasteiger partial charge is 0.444 e. The summed E-state index contributed by atoms with van der Waals surface area (Å²) in [5.41, 5.74) is -0.612. The summed E-state index contributed by atoms with van der Waals surface area (Å²) in [6, 6.07) is 3.50. The molecule has 2 unspecified atom stereocenters. The Hall–Kier alpha value is -1.99. The van der Waals surface area contributed by atoms with Gasteiger partial charge in [-0.1, -0.05) is 0 Å². The van der Waals surface area contributed by atoms with Gasteiger partial charge in [0.2, 0.25) is 0 Å². The zero-order chi connectivity index (χ0) is 17.6. The molecule has 0 bridgehead atoms. The van der Waals surface area contributed by atoms with Gasteiger partial charge in [0.1, 0.15) is 23.8 Å². The Morgan fingerprint density at radius 3 is 2.61 bits per heavy atom. The predicted molar refractivity (Wildman–Crippen MR) is 81.6 cm³/mol. The maximum Gasteiger partial charge on any atom is 0.407 e. The second kappa shape index (κ2) is 8.03. The van der Waals surface area contributed by atoms with Crippen LogP contribution in [0.1, 0.15) is 49.2 Å². The first-order valence-corrected chi connectivity index (χ1v) is 7.21. The molecular formula is C16H22FNO5. The quantitative estimate of drug-likeness (QED) is 0.694. The normalized spacial score (nSPS) is 14.0. The highest BCUT2D eigenvalue weighted by molar-refractivity contribution is 5.75. The van der Waals surface area contributed by atoms with E-state index in [0.717, 1.165) is 6.07 Å². The second-order valence-corrected chi connectivity index (χ2v) is 6.13. The van der Waals surface area contributed by atoms with Gasteiger partial charge in [0, 0.05) is 17.7 Å². The van der Waals surface area contributed by atoms with Crippen LogP contribution in [-0.2, 0) is 4.74 Å². The first-order chi connectivity index (χ1) is 10.6. The summed E-state index contributed by atoms with van der Waals surface area (Å²) in [6.07, 6.45) is -2.94. The van der Waals surface area contributed by atoms with Crippen LogP contribution in [0.5, 0.6) is 0 Å². The summed E-state index contributed by atoms with van der Waals surface area (Å²) < 4.78 is 18.7. The van der Waals surface area contributed by atoms with Crippen LogP contribution in [0.25, 0.3) is 0 Å². The summed E-state index contributed by atoms with van der Waals surface area (Å²) in [5, 5.41) is 22.3. The number of benzene rings is 1. The minimum absolute atomic E-state index is 0.00876. The van der Waals surface area contributed by atoms with Crippen LogP contribution < -0.4 is 5.32 Å². The fraction of sp³-hybridized carbons (Fsp3) is 0.500. The third kappa shape index (κ3) is 6.33. The zero-order valence-electron chi connectivity index (χ0n) is 13.4. The Bertz CT molecular complexity index is 556. The molecule has 0 radical (unpaired) electrons. The third-order valence-electron chi connectivity index (χ3n) is 2.95. The molecule has 0 aliphatic carbocycles. The van der Waals surface area contributed by atoms with Crippen molar-refractivity contribution in [2.24, 2.45) is 0 Å². The summed E-state index contributed by atoms with van der Waals surface area (Å²) in [7, 11) is 0. The maximum absolute atomic E-state index is 13.7. The Morgan fingerprint density at radius 1 is 1.39 bits per heavy atom. The Kier molecular flexibility index (Phi) is 6.65. The number of aliphatic hydroxyl groups is 2. The number of aliphatic hydroxyl groups excluding tert-OH is 2. The molecule has 1 amide bonds. The van der Waals surface area contributed by atoms with Crippen LogP contribution in [0.3, 0.4) is 0 Å². The molecule has 6 nitrogen and oxygen atoms in total. The van der Waals surface area contributed by atoms with Crippen molar-refractivity contribution in [2.75, 3.05) is 6.54 Å². The zero-order valence-corrected chi connectivity index (χ0v) is 13.4. The molecule has 2 atom stereocenters. The van der Waals surface area contributed by atoms with E-state index in [4.69, 9.17) is 4.74 Å². The van der Waals surface area contributed by atoms with E-state index in [-0.39, 0.29) is 24.1 Å². The van der Waals surface area contributed by atoms with Crippen LogP contribution in [0.4, 0.5) is 9.18 Å². The van der Waals surface area contributed by atoms with Gasteiger partial charge >= 0.3 is 6.09 Å². The van der Waals surface area contributed by atoms with E-state index in [1.807, 2.05) is 0 Å². The van der Waals surface area contributed by atoms with Gasteiger partial charge in [-0.15, -0.1) is 0 Å². The molecule has 1 aromatic rings. The molecule has 0 heterocycles. The number of nitrogens with one attached hydrogen (secondary N) is 1. The highest BCUT2D eigenvalue weighted by Gasteiger charge is 2.22. The smallest absolute Gasteiger partial charge is 0.407 e. The molecule has 1 rings (SSSR count). The number of aldehydes is 1. The van der Waals surface area contributed by atoms with Crippen molar-refractivity contribution < 1.29 is 28.9 Å². The van der Waals surface area contributed by atoms with Crippen molar-refractivity contribution in [3.8, 4) is 0 Å². The fourth-order valence-corrected chi connectivity index (χ4v) is 1.86. The van der Waals surface area contributed by atoms with Gasteiger partial charge in [0.25, 0.3) is 0 Å². The molecule has 7 heteroatoms. The number of hydrogen-bond donors (Lipinski definition) is 3. The monoisotopic (exact) mass is 327 g/mol. The van der Waals surface area contributed by atoms with E-state index < -0.39 is 29.7 Å². The molecule has 0 aliphatic heterocycles. The molecular weight excluding hydrogens is 305 g/mol. The van der Waals surface area contributed by atoms with Crippen LogP contribution in [0, 0.1) is 5.82 Å². The number of rotatable bonds is 6. The van der Waals surface area contributed by atoms with Gasteiger partial charge in [-0.3, -0.25) is 4.79 Å². The minimum Gasteiger partial charge on any atom is -0.444 e. The average molecular weight is 327 g/mol. The van der Waals surface area contributed by atoms with E-state index in [0.29, 0.717) is 6.29 Å². The number of halogens is 1. The van der Waals surface area contributed by atoms with E-state index in [2.05, 4.69) is 5.32 Å². The van der Waals surface area contributed by atoms with Crippen molar-refractivity contribution in [1.29, 1.82) is 0 Å². The van der Waals surface area contributed by atoms with Crippen LogP contribution in [0.2, 0.25) is 0 Å². The molecule has 128 valence electrons. The Labute approximate surface area is 134 Å². The Morgan fingerprint density at radius 2 is 2.04 bits per heavy atom. The van der Waals surface area contributed by atoms with Gasteiger partial charge in [-0.2, -0.15) is 0 Å². The second-order valence-electron chi connectivity index (χ2n) is 6.13. The third-order valence-corrected chi connectivity index (χ3v) is 2.95. The SMILES string of the molecule is CC(C)(C)OC(=O)NCCC(O)C(O)c1cc(C=O)ccc1F. The molecule has 0 spiro atoms. The van der Waals surface area contributed by atoms with E-state index in [1.54, 1.807) is 20.8 Å². The van der Waals surface area contributed by atoms with Gasteiger partial charge < -0.3 is 20.3 Å². The van der Waals surface area contributed by atoms with Crippen molar-refractivity contribution in [1.82, 2.24) is 5.32 Å². The molecule has 0 fully saturated rings. The van der Waals surface area contributed by atoms with Crippen LogP contribution in [-0.4, -0.2) is 40.8 Å². The molecule has 23 heavy (non-hydrogen) atoms. The number of amides is 1. The number of carbonyl (C=O) groups excluding carboxylic acids is 2. The molecule has 0 saturated carbocycles. The van der Waals surface area contributed by atoms with Crippen molar-refractivity contribution in [3.63, 3.8) is 0 Å². The summed E-state index contributed by atoms with van der Waals surface area (Å²) in [6.45, 7) is 5.19. The first-order valence-electron chi connectivity index (χ1n) is 7.21. The number of ether oxygens (including phenoxy) is 1. The summed E-state index contributed by atoms with van der Waals surface area (Å²) >= 11 is 0. The minimum atomic E-state index is -1.50. The Balaban J connectivity index is 2.56. The van der Waals surface area contributed by atoms with E-state index >= 15 is 0 Å². The molecule has 0 aromatic heterocycles. The predicted octanol–water partition coefficient (Wildman–Crippen LogP) is 1.95. The number of carbonyl (C=O) groups is 2. The number of hydrogen-bond acceptors (Lipinski definition) is 5. The highest BCUT2D eigenvalue weighted by Crippen LogP contribution is 2.22. The van der Waals surface area contributed by atoms with Crippen LogP contribution in [0.15, 0.2) is 18.2 Å². The molecule has 1 aromatic carbocycles. The lowest BCUT2D eigenvalue weighted by Gasteiger charge is -2.21. The average Bonchev–Trinajstić information content (AvgIpc) is 2.45. The lowest BCUT2D eigenvalue weighted by molar-refractivity contribution is 0.0103. The summed E-state index contributed by atoms with van der Waals surface area (Å²) in [5.74, 6) is -0.720. The van der Waals surface area contributed by atoms with Gasteiger partial charge in [0.15, 0.2) is 0 Å². The van der Waals surface area contributed by atoms with Crippen LogP contribution >= 0.6 is 0 Å². The number of alkyl carbamates (subject to hydrolysis) is 1.